The normalized spacial score (nSPS) is 16.5. The molecule has 0 saturated heterocycles. The van der Waals surface area contributed by atoms with Crippen molar-refractivity contribution in [1.82, 2.24) is 0 Å². The molecule has 2 unspecified atom stereocenters. The number of carbonyl (C=O) groups is 2. The van der Waals surface area contributed by atoms with Crippen molar-refractivity contribution in [3.63, 3.8) is 0 Å². The van der Waals surface area contributed by atoms with Gasteiger partial charge in [-0.15, -0.1) is 0 Å². The van der Waals surface area contributed by atoms with Gasteiger partial charge in [0, 0.05) is 10.2 Å². The van der Waals surface area contributed by atoms with E-state index in [0.29, 0.717) is 17.8 Å². The molecular weight excluding hydrogens is 526 g/mol. The standard InChI is InChI=1S/C32H34BrNO3/c1-32(2,3)26-14-12-23(13-15-26)22-8-10-24(11-9-22)29(20-21-4-6-25(7-5-21)31(36)37)30(35)34-28-18-16-27(33)17-19-28/h4-12,16-19,26,29H,13-15,20H2,1-3H3,(H,34,35)(H,36,37). The Morgan fingerprint density at radius 2 is 1.62 bits per heavy atom. The number of benzene rings is 3. The molecule has 0 spiro atoms. The number of allylic oxidation sites excluding steroid dienone is 2. The van der Waals surface area contributed by atoms with Crippen molar-refractivity contribution >= 4 is 39.1 Å². The molecule has 0 heterocycles. The molecule has 5 heteroatoms. The largest absolute Gasteiger partial charge is 0.478 e. The summed E-state index contributed by atoms with van der Waals surface area (Å²) in [5.74, 6) is -0.770. The van der Waals surface area contributed by atoms with Crippen LogP contribution in [0.2, 0.25) is 0 Å². The van der Waals surface area contributed by atoms with E-state index in [9.17, 15) is 14.7 Å². The summed E-state index contributed by atoms with van der Waals surface area (Å²) in [4.78, 5) is 24.7. The molecule has 0 bridgehead atoms. The highest BCUT2D eigenvalue weighted by molar-refractivity contribution is 9.10. The molecule has 3 aromatic rings. The van der Waals surface area contributed by atoms with E-state index in [1.165, 1.54) is 17.6 Å². The molecule has 0 aromatic heterocycles. The van der Waals surface area contributed by atoms with E-state index in [1.54, 1.807) is 24.3 Å². The SMILES string of the molecule is CC(C)(C)C1CC=C(c2ccc(C(Cc3ccc(C(=O)O)cc3)C(=O)Nc3ccc(Br)cc3)cc2)CC1. The molecule has 1 amide bonds. The second-order valence-electron chi connectivity index (χ2n) is 10.9. The molecule has 0 fully saturated rings. The summed E-state index contributed by atoms with van der Waals surface area (Å²) in [6.45, 7) is 6.96. The number of nitrogens with one attached hydrogen (secondary N) is 1. The van der Waals surface area contributed by atoms with Gasteiger partial charge in [0.2, 0.25) is 5.91 Å². The Morgan fingerprint density at radius 3 is 2.16 bits per heavy atom. The van der Waals surface area contributed by atoms with E-state index in [4.69, 9.17) is 0 Å². The molecule has 2 N–H and O–H groups in total. The summed E-state index contributed by atoms with van der Waals surface area (Å²) in [5.41, 5.74) is 5.73. The van der Waals surface area contributed by atoms with Crippen LogP contribution in [0.1, 0.15) is 73.0 Å². The van der Waals surface area contributed by atoms with Crippen molar-refractivity contribution in [1.29, 1.82) is 0 Å². The Morgan fingerprint density at radius 1 is 0.973 bits per heavy atom. The van der Waals surface area contributed by atoms with Gasteiger partial charge in [-0.3, -0.25) is 4.79 Å². The molecule has 2 atom stereocenters. The van der Waals surface area contributed by atoms with Crippen LogP contribution >= 0.6 is 15.9 Å². The second-order valence-corrected chi connectivity index (χ2v) is 11.9. The lowest BCUT2D eigenvalue weighted by molar-refractivity contribution is -0.117. The first-order valence-electron chi connectivity index (χ1n) is 12.8. The third-order valence-corrected chi connectivity index (χ3v) is 7.92. The molecule has 0 radical (unpaired) electrons. The minimum absolute atomic E-state index is 0.0951. The smallest absolute Gasteiger partial charge is 0.335 e. The van der Waals surface area contributed by atoms with Crippen LogP contribution in [0.25, 0.3) is 5.57 Å². The Labute approximate surface area is 227 Å². The second kappa shape index (κ2) is 11.5. The van der Waals surface area contributed by atoms with Crippen LogP contribution in [0.5, 0.6) is 0 Å². The lowest BCUT2D eigenvalue weighted by Gasteiger charge is -2.33. The molecule has 3 aromatic carbocycles. The van der Waals surface area contributed by atoms with E-state index >= 15 is 0 Å². The molecule has 37 heavy (non-hydrogen) atoms. The van der Waals surface area contributed by atoms with Crippen LogP contribution in [0.3, 0.4) is 0 Å². The number of carbonyl (C=O) groups excluding carboxylic acids is 1. The van der Waals surface area contributed by atoms with Crippen molar-refractivity contribution in [2.45, 2.75) is 52.4 Å². The van der Waals surface area contributed by atoms with E-state index < -0.39 is 11.9 Å². The minimum Gasteiger partial charge on any atom is -0.478 e. The maximum Gasteiger partial charge on any atom is 0.335 e. The fraction of sp³-hybridized carbons (Fsp3) is 0.312. The van der Waals surface area contributed by atoms with E-state index in [0.717, 1.165) is 34.1 Å². The van der Waals surface area contributed by atoms with Crippen molar-refractivity contribution in [2.75, 3.05) is 5.32 Å². The van der Waals surface area contributed by atoms with Crippen LogP contribution in [-0.2, 0) is 11.2 Å². The Kier molecular flexibility index (Phi) is 8.33. The molecule has 1 aliphatic rings. The van der Waals surface area contributed by atoms with Crippen molar-refractivity contribution in [3.8, 4) is 0 Å². The number of halogens is 1. The number of carboxylic acid groups (broad SMARTS) is 1. The van der Waals surface area contributed by atoms with Crippen LogP contribution in [0, 0.1) is 11.3 Å². The number of rotatable bonds is 7. The van der Waals surface area contributed by atoms with Gasteiger partial charge < -0.3 is 10.4 Å². The summed E-state index contributed by atoms with van der Waals surface area (Å²) >= 11 is 3.43. The molecule has 192 valence electrons. The number of anilines is 1. The van der Waals surface area contributed by atoms with Crippen LogP contribution in [0.15, 0.2) is 83.3 Å². The summed E-state index contributed by atoms with van der Waals surface area (Å²) < 4.78 is 0.946. The highest BCUT2D eigenvalue weighted by Gasteiger charge is 2.27. The highest BCUT2D eigenvalue weighted by Crippen LogP contribution is 2.39. The maximum absolute atomic E-state index is 13.5. The van der Waals surface area contributed by atoms with Gasteiger partial charge in [-0.1, -0.05) is 79.2 Å². The van der Waals surface area contributed by atoms with Crippen molar-refractivity contribution in [2.24, 2.45) is 11.3 Å². The van der Waals surface area contributed by atoms with Crippen molar-refractivity contribution < 1.29 is 14.7 Å². The quantitative estimate of drug-likeness (QED) is 0.305. The lowest BCUT2D eigenvalue weighted by Crippen LogP contribution is -2.23. The number of hydrogen-bond acceptors (Lipinski definition) is 2. The maximum atomic E-state index is 13.5. The zero-order valence-electron chi connectivity index (χ0n) is 21.6. The molecular formula is C32H34BrNO3. The van der Waals surface area contributed by atoms with Gasteiger partial charge in [0.1, 0.15) is 0 Å². The summed E-state index contributed by atoms with van der Waals surface area (Å²) in [7, 11) is 0. The Bertz CT molecular complexity index is 1270. The van der Waals surface area contributed by atoms with E-state index in [2.05, 4.69) is 72.4 Å². The van der Waals surface area contributed by atoms with Gasteiger partial charge in [-0.25, -0.2) is 4.79 Å². The van der Waals surface area contributed by atoms with Gasteiger partial charge in [0.25, 0.3) is 0 Å². The number of carboxylic acids is 1. The van der Waals surface area contributed by atoms with E-state index in [1.807, 2.05) is 24.3 Å². The number of aromatic carboxylic acids is 1. The third kappa shape index (κ3) is 6.98. The molecule has 0 saturated carbocycles. The zero-order valence-corrected chi connectivity index (χ0v) is 23.2. The predicted molar refractivity (Wildman–Crippen MR) is 154 cm³/mol. The highest BCUT2D eigenvalue weighted by atomic mass is 79.9. The zero-order chi connectivity index (χ0) is 26.6. The third-order valence-electron chi connectivity index (χ3n) is 7.39. The van der Waals surface area contributed by atoms with Crippen LogP contribution in [0.4, 0.5) is 5.69 Å². The minimum atomic E-state index is -0.961. The summed E-state index contributed by atoms with van der Waals surface area (Å²) in [6, 6.07) is 22.7. The number of amides is 1. The first-order valence-corrected chi connectivity index (χ1v) is 13.6. The predicted octanol–water partition coefficient (Wildman–Crippen LogP) is 8.34. The average molecular weight is 561 g/mol. The van der Waals surface area contributed by atoms with Crippen molar-refractivity contribution in [3.05, 3.63) is 106 Å². The molecule has 1 aliphatic carbocycles. The fourth-order valence-electron chi connectivity index (χ4n) is 4.96. The van der Waals surface area contributed by atoms with Gasteiger partial charge in [-0.2, -0.15) is 0 Å². The van der Waals surface area contributed by atoms with Gasteiger partial charge in [-0.05, 0) is 95.7 Å². The first kappa shape index (κ1) is 26.9. The van der Waals surface area contributed by atoms with Crippen LogP contribution in [-0.4, -0.2) is 17.0 Å². The Balaban J connectivity index is 1.56. The van der Waals surface area contributed by atoms with Crippen LogP contribution < -0.4 is 5.32 Å². The van der Waals surface area contributed by atoms with E-state index in [-0.39, 0.29) is 11.5 Å². The fourth-order valence-corrected chi connectivity index (χ4v) is 5.22. The summed E-state index contributed by atoms with van der Waals surface area (Å²) in [6.07, 6.45) is 6.23. The molecule has 4 rings (SSSR count). The summed E-state index contributed by atoms with van der Waals surface area (Å²) in [5, 5.41) is 12.3. The topological polar surface area (TPSA) is 66.4 Å². The number of hydrogen-bond donors (Lipinski definition) is 2. The van der Waals surface area contributed by atoms with Gasteiger partial charge >= 0.3 is 5.97 Å². The van der Waals surface area contributed by atoms with Gasteiger partial charge in [0.05, 0.1) is 11.5 Å². The monoisotopic (exact) mass is 559 g/mol. The lowest BCUT2D eigenvalue weighted by atomic mass is 9.72. The molecule has 0 aliphatic heterocycles. The van der Waals surface area contributed by atoms with Gasteiger partial charge in [0.15, 0.2) is 0 Å². The average Bonchev–Trinajstić information content (AvgIpc) is 2.88. The first-order chi connectivity index (χ1) is 17.6. The molecule has 4 nitrogen and oxygen atoms in total. The Hall–Kier alpha value is -3.18.